The minimum atomic E-state index is -3.14. The lowest BCUT2D eigenvalue weighted by molar-refractivity contribution is 0.0905. The monoisotopic (exact) mass is 300 g/mol. The lowest BCUT2D eigenvalue weighted by Crippen LogP contribution is -2.41. The van der Waals surface area contributed by atoms with E-state index in [4.69, 9.17) is 10.5 Å². The molecule has 110 valence electrons. The molecule has 0 aromatic heterocycles. The Morgan fingerprint density at radius 2 is 1.89 bits per heavy atom. The van der Waals surface area contributed by atoms with Crippen molar-refractivity contribution in [3.05, 3.63) is 0 Å². The van der Waals surface area contributed by atoms with Crippen LogP contribution < -0.4 is 5.73 Å². The van der Waals surface area contributed by atoms with Gasteiger partial charge in [-0.2, -0.15) is 0 Å². The van der Waals surface area contributed by atoms with E-state index >= 15 is 0 Å². The first kappa shape index (κ1) is 18.1. The first-order valence-electron chi connectivity index (χ1n) is 6.25. The minimum Gasteiger partial charge on any atom is -0.378 e. The summed E-state index contributed by atoms with van der Waals surface area (Å²) in [5.74, 6) is 0.562. The smallest absolute Gasteiger partial charge is 0.216 e. The topological polar surface area (TPSA) is 72.6 Å². The van der Waals surface area contributed by atoms with Gasteiger partial charge in [-0.05, 0) is 39.2 Å². The fourth-order valence-electron chi connectivity index (χ4n) is 1.94. The van der Waals surface area contributed by atoms with Gasteiger partial charge in [-0.1, -0.05) is 0 Å². The Hall–Kier alpha value is 0.120. The van der Waals surface area contributed by atoms with Crippen molar-refractivity contribution >= 4 is 22.4 Å². The van der Waals surface area contributed by atoms with Crippen LogP contribution in [0, 0.1) is 5.92 Å². The quantitative estimate of drug-likeness (QED) is 0.789. The van der Waals surface area contributed by atoms with Gasteiger partial charge in [0, 0.05) is 13.1 Å². The van der Waals surface area contributed by atoms with Crippen LogP contribution >= 0.6 is 12.4 Å². The average Bonchev–Trinajstić information content (AvgIpc) is 2.28. The third-order valence-electron chi connectivity index (χ3n) is 3.09. The van der Waals surface area contributed by atoms with E-state index in [-0.39, 0.29) is 30.9 Å². The molecule has 0 amide bonds. The maximum Gasteiger partial charge on any atom is 0.216 e. The summed E-state index contributed by atoms with van der Waals surface area (Å²) in [7, 11) is -3.14. The molecule has 1 heterocycles. The Kier molecular flexibility index (Phi) is 8.38. The number of rotatable bonds is 6. The molecule has 0 unspecified atom stereocenters. The van der Waals surface area contributed by atoms with Gasteiger partial charge in [-0.15, -0.1) is 12.4 Å². The lowest BCUT2D eigenvalue weighted by Gasteiger charge is -2.30. The molecule has 1 fully saturated rings. The predicted molar refractivity (Wildman–Crippen MR) is 75.5 cm³/mol. The van der Waals surface area contributed by atoms with Gasteiger partial charge in [-0.3, -0.25) is 0 Å². The summed E-state index contributed by atoms with van der Waals surface area (Å²) in [4.78, 5) is 0. The van der Waals surface area contributed by atoms with E-state index in [1.54, 1.807) is 4.31 Å². The van der Waals surface area contributed by atoms with Crippen molar-refractivity contribution in [3.63, 3.8) is 0 Å². The predicted octanol–water partition coefficient (Wildman–Crippen LogP) is 0.834. The number of hydrogen-bond acceptors (Lipinski definition) is 4. The highest BCUT2D eigenvalue weighted by atomic mass is 35.5. The van der Waals surface area contributed by atoms with Crippen LogP contribution in [0.25, 0.3) is 0 Å². The second-order valence-electron chi connectivity index (χ2n) is 4.81. The van der Waals surface area contributed by atoms with Crippen molar-refractivity contribution in [2.75, 3.05) is 32.0 Å². The number of hydrogen-bond donors (Lipinski definition) is 1. The Labute approximate surface area is 117 Å². The van der Waals surface area contributed by atoms with E-state index in [0.29, 0.717) is 25.6 Å². The summed E-state index contributed by atoms with van der Waals surface area (Å²) < 4.78 is 30.8. The largest absolute Gasteiger partial charge is 0.378 e. The van der Waals surface area contributed by atoms with Gasteiger partial charge in [0.15, 0.2) is 0 Å². The van der Waals surface area contributed by atoms with Crippen molar-refractivity contribution in [2.24, 2.45) is 11.7 Å². The van der Waals surface area contributed by atoms with Crippen LogP contribution in [-0.2, 0) is 14.8 Å². The molecule has 1 saturated heterocycles. The van der Waals surface area contributed by atoms with E-state index in [2.05, 4.69) is 0 Å². The summed E-state index contributed by atoms with van der Waals surface area (Å²) in [6.45, 7) is 5.94. The van der Waals surface area contributed by atoms with Crippen molar-refractivity contribution in [3.8, 4) is 0 Å². The third-order valence-corrected chi connectivity index (χ3v) is 4.93. The number of piperidine rings is 1. The highest BCUT2D eigenvalue weighted by Crippen LogP contribution is 2.18. The molecule has 1 aliphatic rings. The SMILES string of the molecule is CC(C)OCCS(=O)(=O)N1CCC(CN)CC1.Cl. The molecule has 0 atom stereocenters. The van der Waals surface area contributed by atoms with Gasteiger partial charge in [0.05, 0.1) is 18.5 Å². The molecule has 0 bridgehead atoms. The summed E-state index contributed by atoms with van der Waals surface area (Å²) in [5, 5.41) is 0. The van der Waals surface area contributed by atoms with Crippen LogP contribution in [-0.4, -0.2) is 50.8 Å². The van der Waals surface area contributed by atoms with Crippen molar-refractivity contribution in [1.82, 2.24) is 4.31 Å². The molecular formula is C11H25ClN2O3S. The molecule has 2 N–H and O–H groups in total. The third kappa shape index (κ3) is 5.84. The summed E-state index contributed by atoms with van der Waals surface area (Å²) in [6.07, 6.45) is 1.83. The van der Waals surface area contributed by atoms with Crippen LogP contribution in [0.1, 0.15) is 26.7 Å². The van der Waals surface area contributed by atoms with Gasteiger partial charge in [-0.25, -0.2) is 12.7 Å². The number of sulfonamides is 1. The molecular weight excluding hydrogens is 276 g/mol. The molecule has 7 heteroatoms. The molecule has 0 aromatic rings. The van der Waals surface area contributed by atoms with Gasteiger partial charge < -0.3 is 10.5 Å². The van der Waals surface area contributed by atoms with Crippen molar-refractivity contribution in [1.29, 1.82) is 0 Å². The van der Waals surface area contributed by atoms with E-state index in [1.165, 1.54) is 0 Å². The van der Waals surface area contributed by atoms with Crippen molar-refractivity contribution in [2.45, 2.75) is 32.8 Å². The van der Waals surface area contributed by atoms with Gasteiger partial charge in [0.2, 0.25) is 10.0 Å². The maximum atomic E-state index is 12.0. The summed E-state index contributed by atoms with van der Waals surface area (Å²) in [5.41, 5.74) is 5.58. The Balaban J connectivity index is 0.00000289. The van der Waals surface area contributed by atoms with Gasteiger partial charge >= 0.3 is 0 Å². The van der Waals surface area contributed by atoms with E-state index in [0.717, 1.165) is 12.8 Å². The fourth-order valence-corrected chi connectivity index (χ4v) is 3.27. The molecule has 5 nitrogen and oxygen atoms in total. The van der Waals surface area contributed by atoms with Crippen LogP contribution in [0.2, 0.25) is 0 Å². The van der Waals surface area contributed by atoms with Crippen LogP contribution in [0.5, 0.6) is 0 Å². The van der Waals surface area contributed by atoms with Crippen LogP contribution in [0.4, 0.5) is 0 Å². The Bertz CT molecular complexity index is 314. The minimum absolute atomic E-state index is 0. The number of nitrogens with zero attached hydrogens (tertiary/aromatic N) is 1. The van der Waals surface area contributed by atoms with Crippen LogP contribution in [0.3, 0.4) is 0 Å². The molecule has 0 aliphatic carbocycles. The van der Waals surface area contributed by atoms with Gasteiger partial charge in [0.1, 0.15) is 0 Å². The highest BCUT2D eigenvalue weighted by Gasteiger charge is 2.27. The lowest BCUT2D eigenvalue weighted by atomic mass is 9.99. The number of halogens is 1. The van der Waals surface area contributed by atoms with Crippen molar-refractivity contribution < 1.29 is 13.2 Å². The molecule has 0 spiro atoms. The van der Waals surface area contributed by atoms with Crippen LogP contribution in [0.15, 0.2) is 0 Å². The zero-order chi connectivity index (χ0) is 12.9. The molecule has 18 heavy (non-hydrogen) atoms. The van der Waals surface area contributed by atoms with E-state index < -0.39 is 10.0 Å². The van der Waals surface area contributed by atoms with E-state index in [9.17, 15) is 8.42 Å². The average molecular weight is 301 g/mol. The first-order valence-corrected chi connectivity index (χ1v) is 7.86. The van der Waals surface area contributed by atoms with Gasteiger partial charge in [0.25, 0.3) is 0 Å². The molecule has 0 saturated carbocycles. The number of ether oxygens (including phenoxy) is 1. The highest BCUT2D eigenvalue weighted by molar-refractivity contribution is 7.89. The summed E-state index contributed by atoms with van der Waals surface area (Å²) in [6, 6.07) is 0. The molecule has 1 rings (SSSR count). The molecule has 1 aliphatic heterocycles. The molecule has 0 radical (unpaired) electrons. The zero-order valence-electron chi connectivity index (χ0n) is 11.2. The zero-order valence-corrected chi connectivity index (χ0v) is 12.8. The fraction of sp³-hybridized carbons (Fsp3) is 1.00. The summed E-state index contributed by atoms with van der Waals surface area (Å²) >= 11 is 0. The van der Waals surface area contributed by atoms with E-state index in [1.807, 2.05) is 13.8 Å². The normalized spacial score (nSPS) is 18.9. The number of nitrogens with two attached hydrogens (primary N) is 1. The second-order valence-corrected chi connectivity index (χ2v) is 6.90. The Morgan fingerprint density at radius 1 is 1.33 bits per heavy atom. The Morgan fingerprint density at radius 3 is 2.33 bits per heavy atom. The first-order chi connectivity index (χ1) is 7.95. The second kappa shape index (κ2) is 8.32. The maximum absolute atomic E-state index is 12.0. The standard InChI is InChI=1S/C11H24N2O3S.ClH/c1-10(2)16-7-8-17(14,15)13-5-3-11(9-12)4-6-13;/h10-11H,3-9,12H2,1-2H3;1H. The molecule has 0 aromatic carbocycles.